The van der Waals surface area contributed by atoms with Gasteiger partial charge in [0.25, 0.3) is 0 Å². The number of hydrogen-bond acceptors (Lipinski definition) is 3. The van der Waals surface area contributed by atoms with Gasteiger partial charge >= 0.3 is 0 Å². The van der Waals surface area contributed by atoms with Crippen molar-refractivity contribution in [2.75, 3.05) is 12.3 Å². The molecule has 2 rings (SSSR count). The van der Waals surface area contributed by atoms with Crippen molar-refractivity contribution in [1.82, 2.24) is 10.2 Å². The predicted octanol–water partition coefficient (Wildman–Crippen LogP) is 5.30. The van der Waals surface area contributed by atoms with Gasteiger partial charge in [0, 0.05) is 36.0 Å². The van der Waals surface area contributed by atoms with Gasteiger partial charge in [0.05, 0.1) is 0 Å². The predicted molar refractivity (Wildman–Crippen MR) is 127 cm³/mol. The molecule has 0 saturated heterocycles. The average Bonchev–Trinajstić information content (AvgIpc) is 2.76. The molecule has 2 amide bonds. The van der Waals surface area contributed by atoms with Gasteiger partial charge in [-0.1, -0.05) is 73.5 Å². The third-order valence-electron chi connectivity index (χ3n) is 4.87. The van der Waals surface area contributed by atoms with Crippen LogP contribution in [0.4, 0.5) is 0 Å². The molecular weight excluding hydrogens is 416 g/mol. The van der Waals surface area contributed by atoms with Gasteiger partial charge in [-0.3, -0.25) is 9.59 Å². The molecule has 0 heterocycles. The van der Waals surface area contributed by atoms with Gasteiger partial charge in [0.2, 0.25) is 11.8 Å². The third-order valence-corrected chi connectivity index (χ3v) is 6.27. The minimum atomic E-state index is -0.551. The summed E-state index contributed by atoms with van der Waals surface area (Å²) >= 11 is 8.04. The third kappa shape index (κ3) is 8.04. The maximum absolute atomic E-state index is 13.0. The van der Waals surface area contributed by atoms with Crippen LogP contribution in [-0.4, -0.2) is 35.1 Å². The van der Waals surface area contributed by atoms with E-state index in [1.54, 1.807) is 29.7 Å². The highest BCUT2D eigenvalue weighted by Gasteiger charge is 2.26. The van der Waals surface area contributed by atoms with E-state index in [0.717, 1.165) is 24.2 Å². The second-order valence-electron chi connectivity index (χ2n) is 7.22. The monoisotopic (exact) mass is 446 g/mol. The molecule has 162 valence electrons. The van der Waals surface area contributed by atoms with Gasteiger partial charge < -0.3 is 10.2 Å². The van der Waals surface area contributed by atoms with Crippen LogP contribution in [-0.2, 0) is 21.9 Å². The van der Waals surface area contributed by atoms with Gasteiger partial charge in [0.15, 0.2) is 0 Å². The Morgan fingerprint density at radius 2 is 1.80 bits per heavy atom. The number of halogens is 1. The molecule has 0 saturated carbocycles. The van der Waals surface area contributed by atoms with Crippen molar-refractivity contribution in [1.29, 1.82) is 0 Å². The number of unbranched alkanes of at least 4 members (excludes halogenated alkanes) is 1. The molecule has 6 heteroatoms. The molecule has 0 unspecified atom stereocenters. The fraction of sp³-hybridized carbons (Fsp3) is 0.417. The summed E-state index contributed by atoms with van der Waals surface area (Å²) in [4.78, 5) is 27.3. The SMILES string of the molecule is CCCCNC(=O)[C@@H](C)N(Cc1ccccc1Cl)C(=O)CCSCc1ccccc1. The van der Waals surface area contributed by atoms with Crippen LogP contribution in [0.1, 0.15) is 44.2 Å². The molecule has 0 aliphatic carbocycles. The minimum Gasteiger partial charge on any atom is -0.354 e. The number of thioether (sulfide) groups is 1. The fourth-order valence-corrected chi connectivity index (χ4v) is 4.08. The van der Waals surface area contributed by atoms with Gasteiger partial charge in [-0.2, -0.15) is 11.8 Å². The summed E-state index contributed by atoms with van der Waals surface area (Å²) in [6.45, 7) is 4.81. The molecule has 0 spiro atoms. The number of carbonyl (C=O) groups excluding carboxylic acids is 2. The number of hydrogen-bond donors (Lipinski definition) is 1. The summed E-state index contributed by atoms with van der Waals surface area (Å²) in [5, 5.41) is 3.54. The Morgan fingerprint density at radius 1 is 1.10 bits per heavy atom. The first-order chi connectivity index (χ1) is 14.5. The van der Waals surface area contributed by atoms with Crippen molar-refractivity contribution in [3.05, 3.63) is 70.7 Å². The van der Waals surface area contributed by atoms with Crippen LogP contribution in [0.25, 0.3) is 0 Å². The van der Waals surface area contributed by atoms with Crippen LogP contribution < -0.4 is 5.32 Å². The van der Waals surface area contributed by atoms with Gasteiger partial charge in [0.1, 0.15) is 6.04 Å². The van der Waals surface area contributed by atoms with Gasteiger partial charge in [-0.05, 0) is 30.5 Å². The summed E-state index contributed by atoms with van der Waals surface area (Å²) in [5.74, 6) is 1.41. The van der Waals surface area contributed by atoms with E-state index < -0.39 is 6.04 Å². The van der Waals surface area contributed by atoms with Crippen molar-refractivity contribution in [3.63, 3.8) is 0 Å². The maximum Gasteiger partial charge on any atom is 0.242 e. The standard InChI is InChI=1S/C24H31ClN2O2S/c1-3-4-15-26-24(29)19(2)27(17-21-12-8-9-13-22(21)25)23(28)14-16-30-18-20-10-6-5-7-11-20/h5-13,19H,3-4,14-18H2,1-2H3,(H,26,29)/t19-/m1/s1. The molecule has 0 radical (unpaired) electrons. The molecule has 30 heavy (non-hydrogen) atoms. The van der Waals surface area contributed by atoms with E-state index in [2.05, 4.69) is 24.4 Å². The minimum absolute atomic E-state index is 0.0337. The van der Waals surface area contributed by atoms with E-state index >= 15 is 0 Å². The van der Waals surface area contributed by atoms with E-state index in [0.29, 0.717) is 30.3 Å². The molecule has 0 aliphatic heterocycles. The Hall–Kier alpha value is -1.98. The molecule has 1 atom stereocenters. The van der Waals surface area contributed by atoms with Crippen molar-refractivity contribution in [3.8, 4) is 0 Å². The molecule has 2 aromatic rings. The number of benzene rings is 2. The summed E-state index contributed by atoms with van der Waals surface area (Å²) in [7, 11) is 0. The van der Waals surface area contributed by atoms with E-state index in [-0.39, 0.29) is 11.8 Å². The number of nitrogens with one attached hydrogen (secondary N) is 1. The van der Waals surface area contributed by atoms with Crippen LogP contribution in [0.3, 0.4) is 0 Å². The zero-order valence-electron chi connectivity index (χ0n) is 17.8. The van der Waals surface area contributed by atoms with Crippen LogP contribution in [0.5, 0.6) is 0 Å². The molecule has 2 aromatic carbocycles. The van der Waals surface area contributed by atoms with E-state index in [1.165, 1.54) is 5.56 Å². The highest BCUT2D eigenvalue weighted by molar-refractivity contribution is 7.98. The van der Waals surface area contributed by atoms with E-state index in [4.69, 9.17) is 11.6 Å². The number of nitrogens with zero attached hydrogens (tertiary/aromatic N) is 1. The zero-order chi connectivity index (χ0) is 21.8. The van der Waals surface area contributed by atoms with Crippen molar-refractivity contribution in [2.45, 2.75) is 51.4 Å². The second kappa shape index (κ2) is 13.3. The van der Waals surface area contributed by atoms with Crippen LogP contribution in [0.2, 0.25) is 5.02 Å². The Kier molecular flexibility index (Phi) is 10.8. The summed E-state index contributed by atoms with van der Waals surface area (Å²) in [5.41, 5.74) is 2.09. The molecule has 0 aliphatic rings. The second-order valence-corrected chi connectivity index (χ2v) is 8.73. The average molecular weight is 447 g/mol. The molecular formula is C24H31ClN2O2S. The number of amides is 2. The smallest absolute Gasteiger partial charge is 0.242 e. The van der Waals surface area contributed by atoms with Gasteiger partial charge in [-0.25, -0.2) is 0 Å². The highest BCUT2D eigenvalue weighted by Crippen LogP contribution is 2.20. The molecule has 1 N–H and O–H groups in total. The zero-order valence-corrected chi connectivity index (χ0v) is 19.3. The lowest BCUT2D eigenvalue weighted by molar-refractivity contribution is -0.140. The topological polar surface area (TPSA) is 49.4 Å². The normalized spacial score (nSPS) is 11.7. The van der Waals surface area contributed by atoms with Crippen LogP contribution >= 0.6 is 23.4 Å². The van der Waals surface area contributed by atoms with Crippen molar-refractivity contribution in [2.24, 2.45) is 0 Å². The first-order valence-corrected chi connectivity index (χ1v) is 12.0. The lowest BCUT2D eigenvalue weighted by atomic mass is 10.1. The van der Waals surface area contributed by atoms with Crippen molar-refractivity contribution < 1.29 is 9.59 Å². The van der Waals surface area contributed by atoms with Gasteiger partial charge in [-0.15, -0.1) is 0 Å². The summed E-state index contributed by atoms with van der Waals surface area (Å²) < 4.78 is 0. The van der Waals surface area contributed by atoms with E-state index in [9.17, 15) is 9.59 Å². The van der Waals surface area contributed by atoms with Crippen molar-refractivity contribution >= 4 is 35.2 Å². The first kappa shape index (κ1) is 24.3. The summed E-state index contributed by atoms with van der Waals surface area (Å²) in [6.07, 6.45) is 2.32. The Balaban J connectivity index is 1.98. The fourth-order valence-electron chi connectivity index (χ4n) is 3.00. The maximum atomic E-state index is 13.0. The number of carbonyl (C=O) groups is 2. The summed E-state index contributed by atoms with van der Waals surface area (Å²) in [6, 6.07) is 17.1. The molecule has 4 nitrogen and oxygen atoms in total. The number of rotatable bonds is 12. The lowest BCUT2D eigenvalue weighted by Crippen LogP contribution is -2.47. The van der Waals surface area contributed by atoms with E-state index in [1.807, 2.05) is 36.4 Å². The highest BCUT2D eigenvalue weighted by atomic mass is 35.5. The quantitative estimate of drug-likeness (QED) is 0.450. The first-order valence-electron chi connectivity index (χ1n) is 10.4. The Bertz CT molecular complexity index is 801. The van der Waals surface area contributed by atoms with Crippen LogP contribution in [0.15, 0.2) is 54.6 Å². The van der Waals surface area contributed by atoms with Crippen LogP contribution in [0, 0.1) is 0 Å². The Labute approximate surface area is 189 Å². The lowest BCUT2D eigenvalue weighted by Gasteiger charge is -2.29. The molecule has 0 fully saturated rings. The molecule has 0 aromatic heterocycles. The molecule has 0 bridgehead atoms. The Morgan fingerprint density at radius 3 is 2.50 bits per heavy atom. The largest absolute Gasteiger partial charge is 0.354 e.